The molecule has 0 atom stereocenters. The Hall–Kier alpha value is -1.89. The molecule has 0 saturated heterocycles. The van der Waals surface area contributed by atoms with Gasteiger partial charge in [-0.2, -0.15) is 5.10 Å². The number of nitrogens with one attached hydrogen (secondary N) is 1. The molecule has 0 radical (unpaired) electrons. The van der Waals surface area contributed by atoms with Gasteiger partial charge in [0.2, 0.25) is 0 Å². The van der Waals surface area contributed by atoms with Crippen molar-refractivity contribution >= 4 is 22.0 Å². The van der Waals surface area contributed by atoms with Gasteiger partial charge in [0, 0.05) is 30.7 Å². The van der Waals surface area contributed by atoms with Crippen LogP contribution < -0.4 is 5.32 Å². The summed E-state index contributed by atoms with van der Waals surface area (Å²) < 4.78 is 1.69. The summed E-state index contributed by atoms with van der Waals surface area (Å²) in [5.41, 5.74) is 0.901. The van der Waals surface area contributed by atoms with Gasteiger partial charge in [0.05, 0.1) is 16.8 Å². The first-order valence-corrected chi connectivity index (χ1v) is 5.42. The summed E-state index contributed by atoms with van der Waals surface area (Å²) in [7, 11) is 1.83. The summed E-state index contributed by atoms with van der Waals surface area (Å²) in [6.45, 7) is 0.574. The van der Waals surface area contributed by atoms with E-state index in [1.165, 1.54) is 17.4 Å². The van der Waals surface area contributed by atoms with E-state index in [1.54, 1.807) is 16.9 Å². The predicted octanol–water partition coefficient (Wildman–Crippen LogP) is 2.00. The van der Waals surface area contributed by atoms with Crippen LogP contribution >= 0.6 is 11.3 Å². The fraction of sp³-hybridized carbons (Fsp3) is 0.222. The van der Waals surface area contributed by atoms with Gasteiger partial charge in [-0.05, 0) is 6.07 Å². The predicted molar refractivity (Wildman–Crippen MR) is 61.5 cm³/mol. The van der Waals surface area contributed by atoms with E-state index >= 15 is 0 Å². The molecule has 2 aromatic heterocycles. The molecule has 0 unspecified atom stereocenters. The van der Waals surface area contributed by atoms with Crippen LogP contribution in [0.5, 0.6) is 0 Å². The van der Waals surface area contributed by atoms with Crippen molar-refractivity contribution in [2.24, 2.45) is 7.05 Å². The molecule has 84 valence electrons. The molecule has 16 heavy (non-hydrogen) atoms. The minimum atomic E-state index is -0.377. The molecule has 2 rings (SSSR count). The summed E-state index contributed by atoms with van der Waals surface area (Å²) in [6.07, 6.45) is 3.56. The van der Waals surface area contributed by atoms with Crippen molar-refractivity contribution in [3.63, 3.8) is 0 Å². The molecule has 0 aliphatic carbocycles. The molecule has 1 N–H and O–H groups in total. The summed E-state index contributed by atoms with van der Waals surface area (Å²) in [5.74, 6) is 0. The lowest BCUT2D eigenvalue weighted by atomic mass is 10.4. The largest absolute Gasteiger partial charge is 0.378 e. The van der Waals surface area contributed by atoms with Crippen LogP contribution in [0.15, 0.2) is 24.5 Å². The zero-order chi connectivity index (χ0) is 11.5. The van der Waals surface area contributed by atoms with Gasteiger partial charge in [-0.25, -0.2) is 0 Å². The van der Waals surface area contributed by atoms with Crippen molar-refractivity contribution in [1.29, 1.82) is 0 Å². The number of aromatic nitrogens is 2. The standard InChI is InChI=1S/C9H10N4O2S/c1-12-6-7(4-11-12)10-5-8-2-3-9(16-8)13(14)15/h2-4,6,10H,5H2,1H3. The zero-order valence-corrected chi connectivity index (χ0v) is 9.40. The van der Waals surface area contributed by atoms with E-state index in [4.69, 9.17) is 0 Å². The molecular formula is C9H10N4O2S. The van der Waals surface area contributed by atoms with Gasteiger partial charge in [0.15, 0.2) is 0 Å². The fourth-order valence-electron chi connectivity index (χ4n) is 1.26. The highest BCUT2D eigenvalue weighted by Crippen LogP contribution is 2.24. The first-order valence-electron chi connectivity index (χ1n) is 4.61. The van der Waals surface area contributed by atoms with E-state index in [2.05, 4.69) is 10.4 Å². The van der Waals surface area contributed by atoms with Crippen molar-refractivity contribution < 1.29 is 4.92 Å². The van der Waals surface area contributed by atoms with Crippen LogP contribution in [-0.2, 0) is 13.6 Å². The summed E-state index contributed by atoms with van der Waals surface area (Å²) >= 11 is 1.18. The molecule has 2 heterocycles. The fourth-order valence-corrected chi connectivity index (χ4v) is 2.02. The van der Waals surface area contributed by atoms with Crippen LogP contribution in [0.3, 0.4) is 0 Å². The third-order valence-corrected chi connectivity index (χ3v) is 3.04. The van der Waals surface area contributed by atoms with Crippen molar-refractivity contribution in [3.05, 3.63) is 39.5 Å². The Balaban J connectivity index is 1.97. The molecule has 2 aromatic rings. The van der Waals surface area contributed by atoms with Crippen LogP contribution in [0, 0.1) is 10.1 Å². The van der Waals surface area contributed by atoms with Crippen molar-refractivity contribution in [2.75, 3.05) is 5.32 Å². The SMILES string of the molecule is Cn1cc(NCc2ccc([N+](=O)[O-])s2)cn1. The Labute approximate surface area is 95.7 Å². The molecule has 0 aromatic carbocycles. The van der Waals surface area contributed by atoms with Crippen molar-refractivity contribution in [3.8, 4) is 0 Å². The summed E-state index contributed by atoms with van der Waals surface area (Å²) in [6, 6.07) is 3.27. The molecule has 0 aliphatic rings. The lowest BCUT2D eigenvalue weighted by Gasteiger charge is -1.98. The molecule has 7 heteroatoms. The smallest absolute Gasteiger partial charge is 0.324 e. The number of aryl methyl sites for hydroxylation is 1. The highest BCUT2D eigenvalue weighted by atomic mass is 32.1. The second kappa shape index (κ2) is 4.31. The normalized spacial score (nSPS) is 10.3. The molecule has 0 amide bonds. The Kier molecular flexibility index (Phi) is 2.86. The summed E-state index contributed by atoms with van der Waals surface area (Å²) in [5, 5.41) is 17.8. The number of anilines is 1. The van der Waals surface area contributed by atoms with Gasteiger partial charge in [0.1, 0.15) is 0 Å². The van der Waals surface area contributed by atoms with Crippen LogP contribution in [0.4, 0.5) is 10.7 Å². The third-order valence-electron chi connectivity index (χ3n) is 2.00. The maximum absolute atomic E-state index is 10.5. The number of rotatable bonds is 4. The van der Waals surface area contributed by atoms with E-state index in [9.17, 15) is 10.1 Å². The monoisotopic (exact) mass is 238 g/mol. The van der Waals surface area contributed by atoms with E-state index in [0.29, 0.717) is 6.54 Å². The Morgan fingerprint density at radius 3 is 3.00 bits per heavy atom. The topological polar surface area (TPSA) is 73.0 Å². The van der Waals surface area contributed by atoms with E-state index in [0.717, 1.165) is 10.6 Å². The average Bonchev–Trinajstić information content (AvgIpc) is 2.83. The molecular weight excluding hydrogens is 228 g/mol. The Morgan fingerprint density at radius 1 is 1.62 bits per heavy atom. The van der Waals surface area contributed by atoms with Gasteiger partial charge in [0.25, 0.3) is 0 Å². The quantitative estimate of drug-likeness (QED) is 0.653. The molecule has 0 aliphatic heterocycles. The van der Waals surface area contributed by atoms with Crippen molar-refractivity contribution in [2.45, 2.75) is 6.54 Å². The first-order chi connectivity index (χ1) is 7.65. The highest BCUT2D eigenvalue weighted by molar-refractivity contribution is 7.15. The maximum atomic E-state index is 10.5. The van der Waals surface area contributed by atoms with Gasteiger partial charge in [-0.1, -0.05) is 11.3 Å². The van der Waals surface area contributed by atoms with E-state index in [1.807, 2.05) is 13.2 Å². The number of nitrogens with zero attached hydrogens (tertiary/aromatic N) is 3. The Morgan fingerprint density at radius 2 is 2.44 bits per heavy atom. The van der Waals surface area contributed by atoms with Gasteiger partial charge in [-0.15, -0.1) is 0 Å². The number of hydrogen-bond donors (Lipinski definition) is 1. The zero-order valence-electron chi connectivity index (χ0n) is 8.58. The number of hydrogen-bond acceptors (Lipinski definition) is 5. The number of nitro groups is 1. The van der Waals surface area contributed by atoms with Crippen LogP contribution in [0.2, 0.25) is 0 Å². The maximum Gasteiger partial charge on any atom is 0.324 e. The molecule has 0 saturated carbocycles. The highest BCUT2D eigenvalue weighted by Gasteiger charge is 2.09. The lowest BCUT2D eigenvalue weighted by molar-refractivity contribution is -0.380. The second-order valence-electron chi connectivity index (χ2n) is 3.25. The van der Waals surface area contributed by atoms with Gasteiger partial charge >= 0.3 is 5.00 Å². The van der Waals surface area contributed by atoms with Crippen LogP contribution in [0.1, 0.15) is 4.88 Å². The first kappa shape index (κ1) is 10.6. The minimum absolute atomic E-state index is 0.169. The van der Waals surface area contributed by atoms with Crippen molar-refractivity contribution in [1.82, 2.24) is 9.78 Å². The van der Waals surface area contributed by atoms with Crippen LogP contribution in [0.25, 0.3) is 0 Å². The van der Waals surface area contributed by atoms with Crippen LogP contribution in [-0.4, -0.2) is 14.7 Å². The second-order valence-corrected chi connectivity index (χ2v) is 4.40. The molecule has 6 nitrogen and oxygen atoms in total. The average molecular weight is 238 g/mol. The molecule has 0 fully saturated rings. The Bertz CT molecular complexity index is 505. The van der Waals surface area contributed by atoms with E-state index < -0.39 is 0 Å². The lowest BCUT2D eigenvalue weighted by Crippen LogP contribution is -1.95. The van der Waals surface area contributed by atoms with Gasteiger partial charge in [-0.3, -0.25) is 14.8 Å². The molecule has 0 spiro atoms. The molecule has 0 bridgehead atoms. The third kappa shape index (κ3) is 2.37. The number of thiophene rings is 1. The summed E-state index contributed by atoms with van der Waals surface area (Å²) in [4.78, 5) is 11.0. The van der Waals surface area contributed by atoms with E-state index in [-0.39, 0.29) is 9.92 Å². The van der Waals surface area contributed by atoms with Gasteiger partial charge < -0.3 is 5.32 Å². The minimum Gasteiger partial charge on any atom is -0.378 e.